The van der Waals surface area contributed by atoms with Crippen LogP contribution < -0.4 is 21.5 Å². The number of carbonyl (C=O) groups is 1. The minimum atomic E-state index is 0. The Hall–Kier alpha value is -1.16. The molecule has 0 aliphatic rings. The molecule has 3 nitrogen and oxygen atoms in total. The van der Waals surface area contributed by atoms with Crippen molar-refractivity contribution in [3.63, 3.8) is 0 Å². The lowest BCUT2D eigenvalue weighted by Gasteiger charge is -2.08. The lowest BCUT2D eigenvalue weighted by molar-refractivity contribution is -0.687. The number of carbonyl (C=O) groups excluding carboxylic acids is 1. The summed E-state index contributed by atoms with van der Waals surface area (Å²) in [6.07, 6.45) is 5.53. The van der Waals surface area contributed by atoms with Gasteiger partial charge < -0.3 is 21.9 Å². The first-order chi connectivity index (χ1) is 6.65. The fourth-order valence-corrected chi connectivity index (χ4v) is 1.17. The average Bonchev–Trinajstić information content (AvgIpc) is 2.17. The van der Waals surface area contributed by atoms with Crippen molar-refractivity contribution in [2.75, 3.05) is 14.1 Å². The molecule has 4 heteroatoms. The van der Waals surface area contributed by atoms with Crippen LogP contribution in [0.5, 0.6) is 0 Å². The molecule has 15 heavy (non-hydrogen) atoms. The molecule has 0 atom stereocenters. The highest BCUT2D eigenvalue weighted by molar-refractivity contribution is 5.93. The van der Waals surface area contributed by atoms with Gasteiger partial charge in [0.2, 0.25) is 0 Å². The van der Waals surface area contributed by atoms with E-state index in [1.165, 1.54) is 0 Å². The van der Waals surface area contributed by atoms with E-state index in [2.05, 4.69) is 6.58 Å². The number of allylic oxidation sites excluding steroid dienone is 1. The molecular weight excluding hydrogens is 256 g/mol. The maximum Gasteiger partial charge on any atom is 0.259 e. The predicted molar refractivity (Wildman–Crippen MR) is 54.9 cm³/mol. The first-order valence-corrected chi connectivity index (χ1v) is 4.47. The quantitative estimate of drug-likeness (QED) is 0.455. The van der Waals surface area contributed by atoms with Gasteiger partial charge in [0.1, 0.15) is 5.56 Å². The zero-order valence-corrected chi connectivity index (χ0v) is 10.6. The van der Waals surface area contributed by atoms with Gasteiger partial charge in [0.15, 0.2) is 18.9 Å². The van der Waals surface area contributed by atoms with Gasteiger partial charge in [-0.25, -0.2) is 4.57 Å². The summed E-state index contributed by atoms with van der Waals surface area (Å²) >= 11 is 0. The summed E-state index contributed by atoms with van der Waals surface area (Å²) in [5.41, 5.74) is 0.694. The predicted octanol–water partition coefficient (Wildman–Crippen LogP) is -2.13. The zero-order valence-electron chi connectivity index (χ0n) is 8.98. The van der Waals surface area contributed by atoms with E-state index in [4.69, 9.17) is 0 Å². The van der Waals surface area contributed by atoms with Crippen molar-refractivity contribution >= 4 is 5.91 Å². The summed E-state index contributed by atoms with van der Waals surface area (Å²) in [7, 11) is 3.49. The van der Waals surface area contributed by atoms with E-state index in [0.29, 0.717) is 12.1 Å². The molecule has 82 valence electrons. The van der Waals surface area contributed by atoms with E-state index in [9.17, 15) is 4.79 Å². The molecule has 0 saturated heterocycles. The van der Waals surface area contributed by atoms with Crippen LogP contribution in [0, 0.1) is 0 Å². The normalized spacial score (nSPS) is 8.93. The van der Waals surface area contributed by atoms with Gasteiger partial charge in [0.05, 0.1) is 0 Å². The fraction of sp³-hybridized carbons (Fsp3) is 0.273. The minimum absolute atomic E-state index is 0. The number of hydrogen-bond donors (Lipinski definition) is 0. The highest BCUT2D eigenvalue weighted by atomic mass is 79.9. The van der Waals surface area contributed by atoms with Crippen molar-refractivity contribution in [3.8, 4) is 0 Å². The van der Waals surface area contributed by atoms with Crippen LogP contribution in [-0.4, -0.2) is 24.9 Å². The number of halogens is 1. The Labute approximate surface area is 101 Å². The van der Waals surface area contributed by atoms with Crippen LogP contribution in [0.25, 0.3) is 0 Å². The molecule has 0 aliphatic carbocycles. The summed E-state index contributed by atoms with van der Waals surface area (Å²) in [6.45, 7) is 4.37. The Balaban J connectivity index is 0.00000196. The molecule has 0 saturated carbocycles. The van der Waals surface area contributed by atoms with Crippen LogP contribution >= 0.6 is 0 Å². The molecule has 0 aliphatic heterocycles. The van der Waals surface area contributed by atoms with Crippen LogP contribution in [0.1, 0.15) is 10.4 Å². The third-order valence-corrected chi connectivity index (χ3v) is 1.85. The lowest BCUT2D eigenvalue weighted by atomic mass is 10.2. The molecule has 0 unspecified atom stereocenters. The standard InChI is InChI=1S/C11H15N2O.BrH/c1-4-7-13-8-5-6-10(9-13)11(14)12(2)3;/h4-6,8-9H,1,7H2,2-3H3;1H/q+1;/p-1. The molecule has 1 aromatic heterocycles. The van der Waals surface area contributed by atoms with E-state index in [1.807, 2.05) is 29.1 Å². The Morgan fingerprint density at radius 3 is 2.80 bits per heavy atom. The first kappa shape index (κ1) is 13.8. The molecule has 0 spiro atoms. The van der Waals surface area contributed by atoms with Crippen molar-refractivity contribution < 1.29 is 26.3 Å². The Morgan fingerprint density at radius 1 is 1.60 bits per heavy atom. The van der Waals surface area contributed by atoms with Gasteiger partial charge in [-0.1, -0.05) is 6.58 Å². The molecule has 0 fully saturated rings. The Bertz CT molecular complexity index is 350. The van der Waals surface area contributed by atoms with Gasteiger partial charge in [-0.3, -0.25) is 4.79 Å². The van der Waals surface area contributed by atoms with Crippen LogP contribution in [0.4, 0.5) is 0 Å². The molecular formula is C11H15BrN2O. The number of nitrogens with zero attached hydrogens (tertiary/aromatic N) is 2. The number of aromatic nitrogens is 1. The molecule has 0 radical (unpaired) electrons. The summed E-state index contributed by atoms with van der Waals surface area (Å²) in [4.78, 5) is 13.2. The highest BCUT2D eigenvalue weighted by Crippen LogP contribution is 1.97. The smallest absolute Gasteiger partial charge is 0.259 e. The second-order valence-electron chi connectivity index (χ2n) is 3.28. The first-order valence-electron chi connectivity index (χ1n) is 4.47. The number of hydrogen-bond acceptors (Lipinski definition) is 1. The molecule has 1 amide bonds. The number of rotatable bonds is 3. The van der Waals surface area contributed by atoms with Gasteiger partial charge in [0.25, 0.3) is 5.91 Å². The van der Waals surface area contributed by atoms with Gasteiger partial charge in [-0.05, 0) is 12.1 Å². The van der Waals surface area contributed by atoms with E-state index in [0.717, 1.165) is 0 Å². The van der Waals surface area contributed by atoms with Crippen LogP contribution in [-0.2, 0) is 6.54 Å². The minimum Gasteiger partial charge on any atom is -1.00 e. The maximum absolute atomic E-state index is 11.6. The van der Waals surface area contributed by atoms with Gasteiger partial charge in [-0.15, -0.1) is 0 Å². The Kier molecular flexibility index (Phi) is 5.86. The number of pyridine rings is 1. The van der Waals surface area contributed by atoms with Crippen molar-refractivity contribution in [1.82, 2.24) is 4.90 Å². The highest BCUT2D eigenvalue weighted by Gasteiger charge is 2.11. The second kappa shape index (κ2) is 6.35. The molecule has 1 heterocycles. The van der Waals surface area contributed by atoms with Crippen molar-refractivity contribution in [2.24, 2.45) is 0 Å². The lowest BCUT2D eigenvalue weighted by Crippen LogP contribution is -3.00. The van der Waals surface area contributed by atoms with Crippen molar-refractivity contribution in [1.29, 1.82) is 0 Å². The van der Waals surface area contributed by atoms with Crippen molar-refractivity contribution in [2.45, 2.75) is 6.54 Å². The summed E-state index contributed by atoms with van der Waals surface area (Å²) in [5, 5.41) is 0. The molecule has 0 N–H and O–H groups in total. The third kappa shape index (κ3) is 3.83. The molecule has 0 bridgehead atoms. The molecule has 1 aromatic rings. The summed E-state index contributed by atoms with van der Waals surface area (Å²) in [6, 6.07) is 3.67. The topological polar surface area (TPSA) is 24.2 Å². The van der Waals surface area contributed by atoms with Crippen LogP contribution in [0.15, 0.2) is 37.2 Å². The summed E-state index contributed by atoms with van der Waals surface area (Å²) in [5.74, 6) is 0.0170. The van der Waals surface area contributed by atoms with Gasteiger partial charge in [0, 0.05) is 20.2 Å². The van der Waals surface area contributed by atoms with Gasteiger partial charge >= 0.3 is 0 Å². The van der Waals surface area contributed by atoms with Crippen LogP contribution in [0.2, 0.25) is 0 Å². The largest absolute Gasteiger partial charge is 1.00 e. The van der Waals surface area contributed by atoms with E-state index in [1.54, 1.807) is 25.1 Å². The number of amides is 1. The summed E-state index contributed by atoms with van der Waals surface area (Å²) < 4.78 is 1.92. The maximum atomic E-state index is 11.6. The average molecular weight is 271 g/mol. The van der Waals surface area contributed by atoms with E-state index < -0.39 is 0 Å². The Morgan fingerprint density at radius 2 is 2.27 bits per heavy atom. The molecule has 0 aromatic carbocycles. The van der Waals surface area contributed by atoms with Crippen LogP contribution in [0.3, 0.4) is 0 Å². The monoisotopic (exact) mass is 270 g/mol. The fourth-order valence-electron chi connectivity index (χ4n) is 1.17. The van der Waals surface area contributed by atoms with E-state index in [-0.39, 0.29) is 22.9 Å². The van der Waals surface area contributed by atoms with Gasteiger partial charge in [-0.2, -0.15) is 0 Å². The molecule has 1 rings (SSSR count). The zero-order chi connectivity index (χ0) is 10.6. The SMILES string of the molecule is C=CC[n+]1cccc(C(=O)N(C)C)c1.[Br-]. The second-order valence-corrected chi connectivity index (χ2v) is 3.28. The van der Waals surface area contributed by atoms with Crippen molar-refractivity contribution in [3.05, 3.63) is 42.7 Å². The third-order valence-electron chi connectivity index (χ3n) is 1.85. The van der Waals surface area contributed by atoms with E-state index >= 15 is 0 Å².